The molecular formula is C10H23NS2. The molecule has 0 saturated heterocycles. The highest BCUT2D eigenvalue weighted by molar-refractivity contribution is 7.99. The molecule has 0 bridgehead atoms. The number of nitrogens with one attached hydrogen (secondary N) is 1. The van der Waals surface area contributed by atoms with E-state index in [2.05, 4.69) is 38.7 Å². The second-order valence-corrected chi connectivity index (χ2v) is 5.45. The SMILES string of the molecule is CCCSC[C@@H](NC)[C@H](S)C(C)C. The van der Waals surface area contributed by atoms with Crippen LogP contribution in [0, 0.1) is 5.92 Å². The first-order valence-electron chi connectivity index (χ1n) is 5.06. The molecule has 0 fully saturated rings. The molecule has 0 unspecified atom stereocenters. The normalized spacial score (nSPS) is 16.2. The van der Waals surface area contributed by atoms with Gasteiger partial charge in [-0.25, -0.2) is 0 Å². The van der Waals surface area contributed by atoms with Crippen molar-refractivity contribution in [1.82, 2.24) is 5.32 Å². The number of hydrogen-bond donors (Lipinski definition) is 2. The Kier molecular flexibility index (Phi) is 8.42. The summed E-state index contributed by atoms with van der Waals surface area (Å²) in [4.78, 5) is 0. The van der Waals surface area contributed by atoms with Crippen molar-refractivity contribution in [2.45, 2.75) is 38.5 Å². The number of thioether (sulfide) groups is 1. The summed E-state index contributed by atoms with van der Waals surface area (Å²) in [6.45, 7) is 6.68. The van der Waals surface area contributed by atoms with Gasteiger partial charge in [0.2, 0.25) is 0 Å². The summed E-state index contributed by atoms with van der Waals surface area (Å²) in [5.41, 5.74) is 0. The molecule has 0 aliphatic rings. The first kappa shape index (κ1) is 13.7. The fourth-order valence-electron chi connectivity index (χ4n) is 1.17. The molecule has 13 heavy (non-hydrogen) atoms. The maximum Gasteiger partial charge on any atom is 0.0274 e. The van der Waals surface area contributed by atoms with Crippen molar-refractivity contribution < 1.29 is 0 Å². The second kappa shape index (κ2) is 8.01. The van der Waals surface area contributed by atoms with Crippen molar-refractivity contribution in [3.8, 4) is 0 Å². The van der Waals surface area contributed by atoms with E-state index < -0.39 is 0 Å². The highest BCUT2D eigenvalue weighted by atomic mass is 32.2. The summed E-state index contributed by atoms with van der Waals surface area (Å²) in [6.07, 6.45) is 1.26. The highest BCUT2D eigenvalue weighted by Gasteiger charge is 2.18. The third kappa shape index (κ3) is 5.87. The van der Waals surface area contributed by atoms with Crippen molar-refractivity contribution in [1.29, 1.82) is 0 Å². The fourth-order valence-corrected chi connectivity index (χ4v) is 2.65. The Morgan fingerprint density at radius 3 is 2.38 bits per heavy atom. The summed E-state index contributed by atoms with van der Waals surface area (Å²) < 4.78 is 0. The lowest BCUT2D eigenvalue weighted by atomic mass is 10.0. The zero-order valence-electron chi connectivity index (χ0n) is 9.21. The van der Waals surface area contributed by atoms with E-state index in [1.165, 1.54) is 17.9 Å². The van der Waals surface area contributed by atoms with E-state index in [1.807, 2.05) is 18.8 Å². The van der Waals surface area contributed by atoms with Gasteiger partial charge < -0.3 is 5.32 Å². The lowest BCUT2D eigenvalue weighted by Gasteiger charge is -2.25. The monoisotopic (exact) mass is 221 g/mol. The summed E-state index contributed by atoms with van der Waals surface area (Å²) in [7, 11) is 2.03. The fraction of sp³-hybridized carbons (Fsp3) is 1.00. The van der Waals surface area contributed by atoms with Crippen molar-refractivity contribution in [3.05, 3.63) is 0 Å². The topological polar surface area (TPSA) is 12.0 Å². The minimum atomic E-state index is 0.467. The predicted octanol–water partition coefficient (Wildman–Crippen LogP) is 2.67. The molecule has 0 aliphatic heterocycles. The van der Waals surface area contributed by atoms with E-state index >= 15 is 0 Å². The molecule has 3 heteroatoms. The minimum absolute atomic E-state index is 0.467. The zero-order chi connectivity index (χ0) is 10.3. The van der Waals surface area contributed by atoms with Gasteiger partial charge in [0.05, 0.1) is 0 Å². The van der Waals surface area contributed by atoms with Gasteiger partial charge in [-0.15, -0.1) is 0 Å². The van der Waals surface area contributed by atoms with E-state index in [4.69, 9.17) is 0 Å². The molecule has 1 nitrogen and oxygen atoms in total. The summed E-state index contributed by atoms with van der Waals surface area (Å²) in [6, 6.07) is 0.542. The van der Waals surface area contributed by atoms with Gasteiger partial charge in [-0.05, 0) is 25.1 Å². The van der Waals surface area contributed by atoms with Crippen molar-refractivity contribution in [2.75, 3.05) is 18.6 Å². The van der Waals surface area contributed by atoms with E-state index in [-0.39, 0.29) is 0 Å². The van der Waals surface area contributed by atoms with Crippen molar-refractivity contribution in [3.63, 3.8) is 0 Å². The standard InChI is InChI=1S/C10H23NS2/c1-5-6-13-7-9(11-4)10(12)8(2)3/h8-12H,5-7H2,1-4H3/t9-,10-/m1/s1. The van der Waals surface area contributed by atoms with Gasteiger partial charge in [-0.2, -0.15) is 24.4 Å². The molecule has 1 N–H and O–H groups in total. The zero-order valence-corrected chi connectivity index (χ0v) is 10.9. The number of hydrogen-bond acceptors (Lipinski definition) is 3. The van der Waals surface area contributed by atoms with Gasteiger partial charge in [0.25, 0.3) is 0 Å². The third-order valence-electron chi connectivity index (χ3n) is 2.11. The van der Waals surface area contributed by atoms with Crippen LogP contribution >= 0.6 is 24.4 Å². The molecule has 0 aromatic carbocycles. The van der Waals surface area contributed by atoms with Crippen LogP contribution in [0.4, 0.5) is 0 Å². The predicted molar refractivity (Wildman–Crippen MR) is 68.1 cm³/mol. The molecule has 0 saturated carbocycles. The van der Waals surface area contributed by atoms with Crippen LogP contribution < -0.4 is 5.32 Å². The minimum Gasteiger partial charge on any atom is -0.315 e. The smallest absolute Gasteiger partial charge is 0.0274 e. The van der Waals surface area contributed by atoms with Crippen LogP contribution in [0.5, 0.6) is 0 Å². The average molecular weight is 221 g/mol. The van der Waals surface area contributed by atoms with Gasteiger partial charge >= 0.3 is 0 Å². The molecule has 0 rings (SSSR count). The van der Waals surface area contributed by atoms with Crippen molar-refractivity contribution in [2.24, 2.45) is 5.92 Å². The van der Waals surface area contributed by atoms with Crippen LogP contribution in [0.15, 0.2) is 0 Å². The van der Waals surface area contributed by atoms with E-state index in [0.29, 0.717) is 17.2 Å². The summed E-state index contributed by atoms with van der Waals surface area (Å²) in [5, 5.41) is 3.81. The Morgan fingerprint density at radius 1 is 1.38 bits per heavy atom. The van der Waals surface area contributed by atoms with Crippen LogP contribution in [-0.4, -0.2) is 29.8 Å². The Bertz CT molecular complexity index is 117. The van der Waals surface area contributed by atoms with Crippen molar-refractivity contribution >= 4 is 24.4 Å². The quantitative estimate of drug-likeness (QED) is 0.506. The van der Waals surface area contributed by atoms with E-state index in [1.54, 1.807) is 0 Å². The summed E-state index contributed by atoms with van der Waals surface area (Å²) in [5.74, 6) is 3.08. The third-order valence-corrected chi connectivity index (χ3v) is 4.36. The maximum atomic E-state index is 4.63. The molecule has 0 radical (unpaired) electrons. The van der Waals surface area contributed by atoms with Crippen LogP contribution in [0.2, 0.25) is 0 Å². The molecular weight excluding hydrogens is 198 g/mol. The average Bonchev–Trinajstić information content (AvgIpc) is 2.11. The Hall–Kier alpha value is 0.660. The molecule has 0 spiro atoms. The largest absolute Gasteiger partial charge is 0.315 e. The highest BCUT2D eigenvalue weighted by Crippen LogP contribution is 2.17. The molecule has 80 valence electrons. The van der Waals surface area contributed by atoms with Crippen LogP contribution in [0.1, 0.15) is 27.2 Å². The number of rotatable bonds is 7. The molecule has 0 aliphatic carbocycles. The van der Waals surface area contributed by atoms with Gasteiger partial charge in [0.1, 0.15) is 0 Å². The summed E-state index contributed by atoms with van der Waals surface area (Å²) >= 11 is 6.65. The molecule has 0 aromatic heterocycles. The molecule has 0 aromatic rings. The Balaban J connectivity index is 3.73. The second-order valence-electron chi connectivity index (χ2n) is 3.70. The van der Waals surface area contributed by atoms with E-state index in [9.17, 15) is 0 Å². The van der Waals surface area contributed by atoms with Gasteiger partial charge in [-0.1, -0.05) is 20.8 Å². The lowest BCUT2D eigenvalue weighted by Crippen LogP contribution is -2.39. The first-order chi connectivity index (χ1) is 6.13. The number of thiol groups is 1. The van der Waals surface area contributed by atoms with Crippen LogP contribution in [0.3, 0.4) is 0 Å². The molecule has 0 amide bonds. The first-order valence-corrected chi connectivity index (χ1v) is 6.73. The van der Waals surface area contributed by atoms with Gasteiger partial charge in [0, 0.05) is 17.0 Å². The van der Waals surface area contributed by atoms with Crippen LogP contribution in [0.25, 0.3) is 0 Å². The van der Waals surface area contributed by atoms with Crippen LogP contribution in [-0.2, 0) is 0 Å². The van der Waals surface area contributed by atoms with Gasteiger partial charge in [0.15, 0.2) is 0 Å². The Labute approximate surface area is 92.9 Å². The Morgan fingerprint density at radius 2 is 2.00 bits per heavy atom. The van der Waals surface area contributed by atoms with Gasteiger partial charge in [-0.3, -0.25) is 0 Å². The van der Waals surface area contributed by atoms with E-state index in [0.717, 1.165) is 0 Å². The maximum absolute atomic E-state index is 4.63. The molecule has 2 atom stereocenters. The molecule has 0 heterocycles. The lowest BCUT2D eigenvalue weighted by molar-refractivity contribution is 0.493.